The predicted molar refractivity (Wildman–Crippen MR) is 72.2 cm³/mol. The third-order valence-electron chi connectivity index (χ3n) is 2.33. The molecule has 1 aromatic carbocycles. The van der Waals surface area contributed by atoms with Crippen molar-refractivity contribution in [3.63, 3.8) is 0 Å². The Balaban J connectivity index is 2.02. The average Bonchev–Trinajstić information content (AvgIpc) is 2.82. The minimum atomic E-state index is -0.0754. The number of thiazole rings is 1. The summed E-state index contributed by atoms with van der Waals surface area (Å²) in [5.74, 6) is -0.0754. The van der Waals surface area contributed by atoms with Gasteiger partial charge in [0, 0.05) is 15.4 Å². The summed E-state index contributed by atoms with van der Waals surface area (Å²) < 4.78 is 1.01. The highest BCUT2D eigenvalue weighted by Crippen LogP contribution is 2.17. The molecule has 1 aromatic heterocycles. The molecule has 0 radical (unpaired) electrons. The molecule has 0 aliphatic heterocycles. The van der Waals surface area contributed by atoms with Gasteiger partial charge in [-0.1, -0.05) is 15.9 Å². The molecular weight excluding hydrogens is 300 g/mol. The van der Waals surface area contributed by atoms with E-state index in [0.29, 0.717) is 12.1 Å². The number of rotatable bonds is 3. The van der Waals surface area contributed by atoms with Gasteiger partial charge >= 0.3 is 0 Å². The van der Waals surface area contributed by atoms with Crippen LogP contribution in [0.4, 0.5) is 0 Å². The van der Waals surface area contributed by atoms with E-state index < -0.39 is 0 Å². The summed E-state index contributed by atoms with van der Waals surface area (Å²) in [6.45, 7) is 2.43. The number of nitrogens with zero attached hydrogens (tertiary/aromatic N) is 1. The average molecular weight is 311 g/mol. The molecule has 0 aliphatic carbocycles. The molecule has 0 fully saturated rings. The molecule has 1 heterocycles. The van der Waals surface area contributed by atoms with Crippen LogP contribution in [0, 0.1) is 6.92 Å². The van der Waals surface area contributed by atoms with Crippen LogP contribution in [-0.4, -0.2) is 10.9 Å². The van der Waals surface area contributed by atoms with E-state index in [-0.39, 0.29) is 5.91 Å². The first-order valence-electron chi connectivity index (χ1n) is 5.08. The zero-order valence-electron chi connectivity index (χ0n) is 9.24. The van der Waals surface area contributed by atoms with Crippen LogP contribution in [0.3, 0.4) is 0 Å². The molecule has 0 atom stereocenters. The number of aromatic nitrogens is 1. The zero-order chi connectivity index (χ0) is 12.3. The number of benzene rings is 1. The van der Waals surface area contributed by atoms with E-state index in [2.05, 4.69) is 26.2 Å². The molecule has 88 valence electrons. The van der Waals surface area contributed by atoms with Crippen molar-refractivity contribution in [2.75, 3.05) is 0 Å². The van der Waals surface area contributed by atoms with E-state index in [1.54, 1.807) is 11.6 Å². The first-order chi connectivity index (χ1) is 8.16. The van der Waals surface area contributed by atoms with Gasteiger partial charge in [-0.15, -0.1) is 11.3 Å². The van der Waals surface area contributed by atoms with Crippen molar-refractivity contribution < 1.29 is 4.79 Å². The van der Waals surface area contributed by atoms with Gasteiger partial charge < -0.3 is 5.32 Å². The Morgan fingerprint density at radius 3 is 3.00 bits per heavy atom. The molecule has 5 heteroatoms. The number of nitrogens with one attached hydrogen (secondary N) is 1. The zero-order valence-corrected chi connectivity index (χ0v) is 11.6. The van der Waals surface area contributed by atoms with Gasteiger partial charge in [0.15, 0.2) is 0 Å². The summed E-state index contributed by atoms with van der Waals surface area (Å²) >= 11 is 4.93. The maximum atomic E-state index is 11.9. The minimum Gasteiger partial charge on any atom is -0.346 e. The van der Waals surface area contributed by atoms with Crippen molar-refractivity contribution in [1.29, 1.82) is 0 Å². The van der Waals surface area contributed by atoms with Gasteiger partial charge in [0.05, 0.1) is 17.7 Å². The second-order valence-electron chi connectivity index (χ2n) is 3.63. The number of hydrogen-bond donors (Lipinski definition) is 1. The van der Waals surface area contributed by atoms with Gasteiger partial charge in [-0.2, -0.15) is 0 Å². The highest BCUT2D eigenvalue weighted by Gasteiger charge is 2.07. The third kappa shape index (κ3) is 3.14. The Kier molecular flexibility index (Phi) is 3.91. The Bertz CT molecular complexity index is 525. The molecule has 2 rings (SSSR count). The molecule has 1 N–H and O–H groups in total. The second kappa shape index (κ2) is 5.42. The quantitative estimate of drug-likeness (QED) is 0.946. The molecule has 0 spiro atoms. The first kappa shape index (κ1) is 12.3. The number of amides is 1. The number of hydrogen-bond acceptors (Lipinski definition) is 3. The monoisotopic (exact) mass is 310 g/mol. The Morgan fingerprint density at radius 1 is 1.53 bits per heavy atom. The minimum absolute atomic E-state index is 0.0754. The van der Waals surface area contributed by atoms with Crippen LogP contribution in [0.2, 0.25) is 0 Å². The second-order valence-corrected chi connectivity index (χ2v) is 5.20. The molecule has 0 aliphatic rings. The summed E-state index contributed by atoms with van der Waals surface area (Å²) in [5, 5.41) is 4.76. The SMILES string of the molecule is Cc1cc(C(=O)NCc2cscn2)ccc1Br. The first-order valence-corrected chi connectivity index (χ1v) is 6.82. The van der Waals surface area contributed by atoms with Gasteiger partial charge in [0.25, 0.3) is 5.91 Å². The van der Waals surface area contributed by atoms with Crippen LogP contribution in [0.5, 0.6) is 0 Å². The van der Waals surface area contributed by atoms with Crippen LogP contribution < -0.4 is 5.32 Å². The number of carbonyl (C=O) groups excluding carboxylic acids is 1. The summed E-state index contributed by atoms with van der Waals surface area (Å²) in [4.78, 5) is 16.0. The Hall–Kier alpha value is -1.20. The fraction of sp³-hybridized carbons (Fsp3) is 0.167. The lowest BCUT2D eigenvalue weighted by atomic mass is 10.1. The van der Waals surface area contributed by atoms with Crippen LogP contribution >= 0.6 is 27.3 Å². The number of aryl methyl sites for hydroxylation is 1. The van der Waals surface area contributed by atoms with E-state index in [4.69, 9.17) is 0 Å². The molecule has 2 aromatic rings. The third-order valence-corrected chi connectivity index (χ3v) is 3.86. The molecule has 3 nitrogen and oxygen atoms in total. The van der Waals surface area contributed by atoms with Gasteiger partial charge in [-0.25, -0.2) is 4.98 Å². The molecular formula is C12H11BrN2OS. The maximum absolute atomic E-state index is 11.9. The lowest BCUT2D eigenvalue weighted by Gasteiger charge is -2.05. The van der Waals surface area contributed by atoms with Crippen molar-refractivity contribution >= 4 is 33.2 Å². The van der Waals surface area contributed by atoms with Crippen molar-refractivity contribution in [2.24, 2.45) is 0 Å². The number of halogens is 1. The summed E-state index contributed by atoms with van der Waals surface area (Å²) in [6, 6.07) is 5.54. The fourth-order valence-corrected chi connectivity index (χ4v) is 2.19. The van der Waals surface area contributed by atoms with Crippen LogP contribution in [-0.2, 0) is 6.54 Å². The molecule has 0 saturated carbocycles. The van der Waals surface area contributed by atoms with Crippen molar-refractivity contribution in [3.05, 3.63) is 50.4 Å². The van der Waals surface area contributed by atoms with Crippen molar-refractivity contribution in [2.45, 2.75) is 13.5 Å². The van der Waals surface area contributed by atoms with Gasteiger partial charge in [0.1, 0.15) is 0 Å². The topological polar surface area (TPSA) is 42.0 Å². The molecule has 17 heavy (non-hydrogen) atoms. The van der Waals surface area contributed by atoms with E-state index in [9.17, 15) is 4.79 Å². The van der Waals surface area contributed by atoms with Gasteiger partial charge in [-0.3, -0.25) is 4.79 Å². The summed E-state index contributed by atoms with van der Waals surface area (Å²) in [7, 11) is 0. The van der Waals surface area contributed by atoms with E-state index in [1.165, 1.54) is 11.3 Å². The number of carbonyl (C=O) groups is 1. The van der Waals surface area contributed by atoms with Crippen LogP contribution in [0.15, 0.2) is 33.6 Å². The molecule has 1 amide bonds. The fourth-order valence-electron chi connectivity index (χ4n) is 1.38. The molecule has 0 bridgehead atoms. The summed E-state index contributed by atoms with van der Waals surface area (Å²) in [5.41, 5.74) is 4.36. The smallest absolute Gasteiger partial charge is 0.251 e. The lowest BCUT2D eigenvalue weighted by Crippen LogP contribution is -2.22. The lowest BCUT2D eigenvalue weighted by molar-refractivity contribution is 0.0950. The predicted octanol–water partition coefficient (Wildman–Crippen LogP) is 3.14. The van der Waals surface area contributed by atoms with E-state index >= 15 is 0 Å². The van der Waals surface area contributed by atoms with Gasteiger partial charge in [0.2, 0.25) is 0 Å². The molecule has 0 unspecified atom stereocenters. The Labute approximate surface area is 112 Å². The van der Waals surface area contributed by atoms with E-state index in [1.807, 2.05) is 24.4 Å². The highest BCUT2D eigenvalue weighted by atomic mass is 79.9. The maximum Gasteiger partial charge on any atom is 0.251 e. The van der Waals surface area contributed by atoms with E-state index in [0.717, 1.165) is 15.7 Å². The highest BCUT2D eigenvalue weighted by molar-refractivity contribution is 9.10. The van der Waals surface area contributed by atoms with Crippen molar-refractivity contribution in [3.8, 4) is 0 Å². The standard InChI is InChI=1S/C12H11BrN2OS/c1-8-4-9(2-3-11(8)13)12(16)14-5-10-6-17-7-15-10/h2-4,6-7H,5H2,1H3,(H,14,16). The Morgan fingerprint density at radius 2 is 2.35 bits per heavy atom. The van der Waals surface area contributed by atoms with Crippen LogP contribution in [0.25, 0.3) is 0 Å². The van der Waals surface area contributed by atoms with Gasteiger partial charge in [-0.05, 0) is 30.7 Å². The van der Waals surface area contributed by atoms with Crippen molar-refractivity contribution in [1.82, 2.24) is 10.3 Å². The summed E-state index contributed by atoms with van der Waals surface area (Å²) in [6.07, 6.45) is 0. The largest absolute Gasteiger partial charge is 0.346 e. The van der Waals surface area contributed by atoms with Crippen LogP contribution in [0.1, 0.15) is 21.6 Å². The normalized spacial score (nSPS) is 10.2. The molecule has 0 saturated heterocycles.